The van der Waals surface area contributed by atoms with Crippen LogP contribution in [0.2, 0.25) is 10.0 Å². The molecule has 0 fully saturated rings. The van der Waals surface area contributed by atoms with E-state index < -0.39 is 30.8 Å². The minimum Gasteiger partial charge on any atom is -0.279 e. The van der Waals surface area contributed by atoms with Crippen molar-refractivity contribution in [2.24, 2.45) is 0 Å². The normalized spacial score (nSPS) is 11.1. The number of benzene rings is 2. The molecule has 0 saturated heterocycles. The summed E-state index contributed by atoms with van der Waals surface area (Å²) in [5, 5.41) is 10.1. The molecule has 0 aliphatic heterocycles. The molecule has 1 N–H and O–H groups in total. The fourth-order valence-corrected chi connectivity index (χ4v) is 3.59. The maximum absolute atomic E-state index is 12.5. The summed E-state index contributed by atoms with van der Waals surface area (Å²) in [4.78, 5) is 20.8. The minimum absolute atomic E-state index is 0.127. The highest BCUT2D eigenvalue weighted by Crippen LogP contribution is 2.32. The lowest BCUT2D eigenvalue weighted by molar-refractivity contribution is -0.387. The number of halogens is 3. The lowest BCUT2D eigenvalue weighted by Crippen LogP contribution is -2.15. The first kappa shape index (κ1) is 18.5. The quantitative estimate of drug-likeness (QED) is 0.455. The third-order valence-corrected chi connectivity index (χ3v) is 5.02. The first-order chi connectivity index (χ1) is 11.1. The Balaban J connectivity index is 2.59. The number of hydrogen-bond donors (Lipinski definition) is 1. The Kier molecular flexibility index (Phi) is 5.34. The van der Waals surface area contributed by atoms with E-state index in [1.165, 1.54) is 24.3 Å². The monoisotopic (exact) mass is 408 g/mol. The molecule has 0 spiro atoms. The van der Waals surface area contributed by atoms with Gasteiger partial charge < -0.3 is 0 Å². The maximum atomic E-state index is 12.5. The second-order valence-corrected chi connectivity index (χ2v) is 7.28. The van der Waals surface area contributed by atoms with Gasteiger partial charge in [0.05, 0.1) is 15.5 Å². The van der Waals surface area contributed by atoms with E-state index in [1.807, 2.05) is 0 Å². The number of anilines is 1. The fraction of sp³-hybridized carbons (Fsp3) is 0. The number of nitrogens with zero attached hydrogens (tertiary/aromatic N) is 1. The molecule has 2 aromatic rings. The predicted molar refractivity (Wildman–Crippen MR) is 90.6 cm³/mol. The Hall–Kier alpha value is -1.87. The summed E-state index contributed by atoms with van der Waals surface area (Å²) in [6, 6.07) is 7.12. The van der Waals surface area contributed by atoms with Crippen LogP contribution in [0.15, 0.2) is 41.3 Å². The van der Waals surface area contributed by atoms with Crippen LogP contribution in [-0.4, -0.2) is 18.6 Å². The van der Waals surface area contributed by atoms with Gasteiger partial charge in [0.15, 0.2) is 4.90 Å². The number of carbonyl (C=O) groups excluding carboxylic acids is 1. The Morgan fingerprint density at radius 2 is 1.71 bits per heavy atom. The van der Waals surface area contributed by atoms with Crippen LogP contribution < -0.4 is 4.72 Å². The lowest BCUT2D eigenvalue weighted by atomic mass is 10.2. The van der Waals surface area contributed by atoms with Crippen LogP contribution in [0, 0.1) is 10.1 Å². The van der Waals surface area contributed by atoms with Gasteiger partial charge in [-0.1, -0.05) is 23.2 Å². The smallest absolute Gasteiger partial charge is 0.279 e. The molecule has 0 bridgehead atoms. The number of nitro groups is 1. The first-order valence-corrected chi connectivity index (χ1v) is 8.69. The van der Waals surface area contributed by atoms with Crippen LogP contribution in [-0.2, 0) is 10.0 Å². The molecule has 0 heterocycles. The van der Waals surface area contributed by atoms with E-state index in [2.05, 4.69) is 4.72 Å². The first-order valence-electron chi connectivity index (χ1n) is 6.08. The Bertz CT molecular complexity index is 929. The molecule has 24 heavy (non-hydrogen) atoms. The summed E-state index contributed by atoms with van der Waals surface area (Å²) in [5.41, 5.74) is -1.02. The van der Waals surface area contributed by atoms with E-state index in [0.29, 0.717) is 5.02 Å². The molecule has 0 amide bonds. The summed E-state index contributed by atoms with van der Waals surface area (Å²) in [5.74, 6) is 0. The van der Waals surface area contributed by atoms with Crippen molar-refractivity contribution in [2.45, 2.75) is 4.90 Å². The van der Waals surface area contributed by atoms with Crippen LogP contribution in [0.25, 0.3) is 0 Å². The van der Waals surface area contributed by atoms with E-state index in [1.54, 1.807) is 0 Å². The maximum Gasteiger partial charge on any atom is 0.291 e. The Labute approximate surface area is 151 Å². The van der Waals surface area contributed by atoms with E-state index in [4.69, 9.17) is 34.8 Å². The van der Waals surface area contributed by atoms with Crippen molar-refractivity contribution in [3.8, 4) is 0 Å². The van der Waals surface area contributed by atoms with Crippen LogP contribution in [0.3, 0.4) is 0 Å². The Morgan fingerprint density at radius 3 is 2.21 bits per heavy atom. The van der Waals surface area contributed by atoms with Gasteiger partial charge in [-0.3, -0.25) is 19.6 Å². The second-order valence-electron chi connectivity index (χ2n) is 4.44. The van der Waals surface area contributed by atoms with E-state index in [-0.39, 0.29) is 16.3 Å². The molecule has 0 saturated carbocycles. The number of nitrogens with one attached hydrogen (secondary N) is 1. The molecular weight excluding hydrogens is 403 g/mol. The number of carbonyl (C=O) groups is 1. The molecular formula is C13H7Cl3N2O5S. The van der Waals surface area contributed by atoms with Gasteiger partial charge in [0, 0.05) is 16.8 Å². The molecule has 7 nitrogen and oxygen atoms in total. The molecule has 0 atom stereocenters. The van der Waals surface area contributed by atoms with Gasteiger partial charge in [0.2, 0.25) is 0 Å². The average molecular weight is 410 g/mol. The van der Waals surface area contributed by atoms with Crippen molar-refractivity contribution in [3.05, 3.63) is 62.1 Å². The van der Waals surface area contributed by atoms with Gasteiger partial charge in [0.25, 0.3) is 21.0 Å². The number of nitro benzene ring substituents is 1. The summed E-state index contributed by atoms with van der Waals surface area (Å²) in [6.45, 7) is 0. The highest BCUT2D eigenvalue weighted by molar-refractivity contribution is 7.92. The van der Waals surface area contributed by atoms with Crippen LogP contribution >= 0.6 is 34.8 Å². The van der Waals surface area contributed by atoms with E-state index >= 15 is 0 Å². The fourth-order valence-electron chi connectivity index (χ4n) is 1.78. The molecule has 0 aliphatic rings. The number of rotatable bonds is 5. The van der Waals surface area contributed by atoms with Crippen LogP contribution in [0.5, 0.6) is 0 Å². The minimum atomic E-state index is -4.38. The van der Waals surface area contributed by atoms with Crippen molar-refractivity contribution < 1.29 is 18.1 Å². The molecule has 2 rings (SSSR count). The molecule has 0 radical (unpaired) electrons. The van der Waals surface area contributed by atoms with Crippen molar-refractivity contribution >= 4 is 61.4 Å². The van der Waals surface area contributed by atoms with Gasteiger partial charge in [-0.15, -0.1) is 0 Å². The SMILES string of the molecule is O=C(Cl)c1cc(S(=O)(=O)Nc2ccc(Cl)cc2)c([N+](=O)[O-])cc1Cl. The van der Waals surface area contributed by atoms with Crippen molar-refractivity contribution in [2.75, 3.05) is 4.72 Å². The third-order valence-electron chi connectivity index (χ3n) is 2.84. The molecule has 126 valence electrons. The number of sulfonamides is 1. The zero-order valence-electron chi connectivity index (χ0n) is 11.5. The molecule has 0 aliphatic carbocycles. The summed E-state index contributed by atoms with van der Waals surface area (Å²) >= 11 is 16.8. The molecule has 0 aromatic heterocycles. The van der Waals surface area contributed by atoms with Crippen LogP contribution in [0.1, 0.15) is 10.4 Å². The summed E-state index contributed by atoms with van der Waals surface area (Å²) < 4.78 is 27.1. The molecule has 11 heteroatoms. The van der Waals surface area contributed by atoms with Gasteiger partial charge in [0.1, 0.15) is 0 Å². The lowest BCUT2D eigenvalue weighted by Gasteiger charge is -2.10. The summed E-state index contributed by atoms with van der Waals surface area (Å²) in [7, 11) is -4.38. The standard InChI is InChI=1S/C13H7Cl3N2O5S/c14-7-1-3-8(4-2-7)17-24(22,23)12-5-9(13(16)19)10(15)6-11(12)18(20)21/h1-6,17H. The third kappa shape index (κ3) is 3.96. The zero-order chi connectivity index (χ0) is 18.1. The van der Waals surface area contributed by atoms with Gasteiger partial charge in [-0.25, -0.2) is 8.42 Å². The van der Waals surface area contributed by atoms with Gasteiger partial charge >= 0.3 is 0 Å². The van der Waals surface area contributed by atoms with E-state index in [9.17, 15) is 23.3 Å². The second kappa shape index (κ2) is 6.94. The van der Waals surface area contributed by atoms with Crippen molar-refractivity contribution in [1.29, 1.82) is 0 Å². The van der Waals surface area contributed by atoms with Crippen LogP contribution in [0.4, 0.5) is 11.4 Å². The largest absolute Gasteiger partial charge is 0.291 e. The number of hydrogen-bond acceptors (Lipinski definition) is 5. The highest BCUT2D eigenvalue weighted by Gasteiger charge is 2.29. The Morgan fingerprint density at radius 1 is 1.12 bits per heavy atom. The molecule has 0 unspecified atom stereocenters. The van der Waals surface area contributed by atoms with Crippen molar-refractivity contribution in [1.82, 2.24) is 0 Å². The van der Waals surface area contributed by atoms with E-state index in [0.717, 1.165) is 12.1 Å². The topological polar surface area (TPSA) is 106 Å². The highest BCUT2D eigenvalue weighted by atomic mass is 35.5. The molecule has 2 aromatic carbocycles. The average Bonchev–Trinajstić information content (AvgIpc) is 2.48. The zero-order valence-corrected chi connectivity index (χ0v) is 14.6. The summed E-state index contributed by atoms with van der Waals surface area (Å²) in [6.07, 6.45) is 0. The predicted octanol–water partition coefficient (Wildman–Crippen LogP) is 4.08. The van der Waals surface area contributed by atoms with Gasteiger partial charge in [-0.2, -0.15) is 0 Å². The van der Waals surface area contributed by atoms with Gasteiger partial charge in [-0.05, 0) is 41.9 Å². The van der Waals surface area contributed by atoms with Crippen molar-refractivity contribution in [3.63, 3.8) is 0 Å².